The van der Waals surface area contributed by atoms with Gasteiger partial charge in [0.2, 0.25) is 0 Å². The largest absolute Gasteiger partial charge is 0.394 e. The van der Waals surface area contributed by atoms with E-state index in [4.69, 9.17) is 9.94 Å². The molecular formula is C18H17FIN3O4. The van der Waals surface area contributed by atoms with Crippen molar-refractivity contribution in [3.05, 3.63) is 56.4 Å². The summed E-state index contributed by atoms with van der Waals surface area (Å²) in [7, 11) is 0. The number of halogens is 2. The van der Waals surface area contributed by atoms with Crippen LogP contribution in [0.5, 0.6) is 0 Å². The molecule has 1 atom stereocenters. The van der Waals surface area contributed by atoms with E-state index in [0.29, 0.717) is 11.1 Å². The van der Waals surface area contributed by atoms with Crippen LogP contribution >= 0.6 is 22.6 Å². The van der Waals surface area contributed by atoms with Gasteiger partial charge in [0, 0.05) is 9.13 Å². The van der Waals surface area contributed by atoms with Crippen LogP contribution < -0.4 is 16.1 Å². The maximum Gasteiger partial charge on any atom is 0.276 e. The average Bonchev–Trinajstić information content (AvgIpc) is 2.90. The monoisotopic (exact) mass is 485 g/mol. The minimum absolute atomic E-state index is 0.0678. The summed E-state index contributed by atoms with van der Waals surface area (Å²) in [5.41, 5.74) is 3.94. The number of fused-ring (bicyclic) bond motifs is 1. The standard InChI is InChI=1S/C18H17FIN3O4/c1-9-11-7-13(18(26)23-27-5-4-24)16(8-12(11)17(25)21-9)22-15-3-2-10(20)6-14(15)19/h2-3,6-9,22,24H,4-5H2,1H3,(H,21,25)(H,23,26). The molecule has 0 fully saturated rings. The van der Waals surface area contributed by atoms with Crippen molar-refractivity contribution in [3.63, 3.8) is 0 Å². The van der Waals surface area contributed by atoms with Gasteiger partial charge < -0.3 is 15.7 Å². The first-order chi connectivity index (χ1) is 12.9. The molecule has 142 valence electrons. The molecule has 0 saturated heterocycles. The maximum absolute atomic E-state index is 14.2. The third-order valence-corrected chi connectivity index (χ3v) is 4.72. The van der Waals surface area contributed by atoms with E-state index in [1.807, 2.05) is 22.6 Å². The lowest BCUT2D eigenvalue weighted by molar-refractivity contribution is 0.0169. The number of carbonyl (C=O) groups is 2. The van der Waals surface area contributed by atoms with Gasteiger partial charge in [0.15, 0.2) is 0 Å². The molecule has 9 heteroatoms. The van der Waals surface area contributed by atoms with Crippen LogP contribution in [0.25, 0.3) is 0 Å². The third-order valence-electron chi connectivity index (χ3n) is 4.05. The molecule has 1 aliphatic rings. The molecule has 7 nitrogen and oxygen atoms in total. The average molecular weight is 485 g/mol. The van der Waals surface area contributed by atoms with Gasteiger partial charge in [0.25, 0.3) is 11.8 Å². The van der Waals surface area contributed by atoms with Crippen LogP contribution in [-0.4, -0.2) is 30.1 Å². The van der Waals surface area contributed by atoms with Gasteiger partial charge in [-0.3, -0.25) is 14.4 Å². The number of carbonyl (C=O) groups excluding carboxylic acids is 2. The molecule has 0 aromatic heterocycles. The Morgan fingerprint density at radius 1 is 1.33 bits per heavy atom. The Balaban J connectivity index is 2.00. The van der Waals surface area contributed by atoms with Crippen molar-refractivity contribution in [2.75, 3.05) is 18.5 Å². The van der Waals surface area contributed by atoms with E-state index in [9.17, 15) is 14.0 Å². The van der Waals surface area contributed by atoms with E-state index in [2.05, 4.69) is 16.1 Å². The zero-order valence-electron chi connectivity index (χ0n) is 14.3. The van der Waals surface area contributed by atoms with E-state index in [0.717, 1.165) is 3.57 Å². The Morgan fingerprint density at radius 2 is 2.11 bits per heavy atom. The molecule has 1 heterocycles. The number of anilines is 2. The highest BCUT2D eigenvalue weighted by Crippen LogP contribution is 2.32. The van der Waals surface area contributed by atoms with Gasteiger partial charge >= 0.3 is 0 Å². The van der Waals surface area contributed by atoms with Crippen LogP contribution in [-0.2, 0) is 4.84 Å². The first-order valence-corrected chi connectivity index (χ1v) is 9.22. The molecule has 1 aliphatic heterocycles. The molecule has 27 heavy (non-hydrogen) atoms. The van der Waals surface area contributed by atoms with Gasteiger partial charge in [0.05, 0.1) is 36.2 Å². The first-order valence-electron chi connectivity index (χ1n) is 8.14. The van der Waals surface area contributed by atoms with E-state index in [1.165, 1.54) is 12.1 Å². The van der Waals surface area contributed by atoms with Crippen molar-refractivity contribution in [2.45, 2.75) is 13.0 Å². The second-order valence-corrected chi connectivity index (χ2v) is 7.18. The molecule has 1 unspecified atom stereocenters. The van der Waals surface area contributed by atoms with Crippen LogP contribution in [0, 0.1) is 9.39 Å². The van der Waals surface area contributed by atoms with Crippen molar-refractivity contribution in [3.8, 4) is 0 Å². The Bertz CT molecular complexity index is 906. The van der Waals surface area contributed by atoms with Crippen molar-refractivity contribution in [2.24, 2.45) is 0 Å². The molecule has 4 N–H and O–H groups in total. The lowest BCUT2D eigenvalue weighted by Gasteiger charge is -2.15. The molecular weight excluding hydrogens is 468 g/mol. The lowest BCUT2D eigenvalue weighted by Crippen LogP contribution is -2.26. The molecule has 3 rings (SSSR count). The number of aliphatic hydroxyl groups is 1. The number of nitrogens with one attached hydrogen (secondary N) is 3. The number of benzene rings is 2. The van der Waals surface area contributed by atoms with Crippen LogP contribution in [0.2, 0.25) is 0 Å². The summed E-state index contributed by atoms with van der Waals surface area (Å²) in [4.78, 5) is 29.5. The summed E-state index contributed by atoms with van der Waals surface area (Å²) >= 11 is 2.00. The smallest absolute Gasteiger partial charge is 0.276 e. The van der Waals surface area contributed by atoms with Gasteiger partial charge in [-0.15, -0.1) is 0 Å². The fourth-order valence-corrected chi connectivity index (χ4v) is 3.22. The van der Waals surface area contributed by atoms with Gasteiger partial charge in [-0.1, -0.05) is 0 Å². The highest BCUT2D eigenvalue weighted by Gasteiger charge is 2.28. The van der Waals surface area contributed by atoms with E-state index >= 15 is 0 Å². The van der Waals surface area contributed by atoms with Gasteiger partial charge in [0.1, 0.15) is 5.82 Å². The number of hydroxylamine groups is 1. The van der Waals surface area contributed by atoms with Crippen LogP contribution in [0.4, 0.5) is 15.8 Å². The van der Waals surface area contributed by atoms with Crippen molar-refractivity contribution in [1.29, 1.82) is 0 Å². The molecule has 2 amide bonds. The van der Waals surface area contributed by atoms with Crippen molar-refractivity contribution < 1.29 is 23.9 Å². The number of hydrogen-bond acceptors (Lipinski definition) is 5. The van der Waals surface area contributed by atoms with Crippen LogP contribution in [0.3, 0.4) is 0 Å². The predicted octanol–water partition coefficient (Wildman–Crippen LogP) is 2.63. The molecule has 0 radical (unpaired) electrons. The molecule has 2 aromatic rings. The number of rotatable bonds is 6. The fourth-order valence-electron chi connectivity index (χ4n) is 2.77. The first kappa shape index (κ1) is 19.5. The van der Waals surface area contributed by atoms with E-state index in [-0.39, 0.29) is 42.1 Å². The van der Waals surface area contributed by atoms with Crippen molar-refractivity contribution in [1.82, 2.24) is 10.8 Å². The molecule has 0 saturated carbocycles. The summed E-state index contributed by atoms with van der Waals surface area (Å²) in [5.74, 6) is -1.32. The van der Waals surface area contributed by atoms with Gasteiger partial charge in [-0.25, -0.2) is 9.87 Å². The lowest BCUT2D eigenvalue weighted by atomic mass is 9.99. The summed E-state index contributed by atoms with van der Waals surface area (Å²) in [6.07, 6.45) is 0. The highest BCUT2D eigenvalue weighted by molar-refractivity contribution is 14.1. The normalized spacial score (nSPS) is 15.3. The fraction of sp³-hybridized carbons (Fsp3) is 0.222. The number of aliphatic hydroxyl groups excluding tert-OH is 1. The zero-order valence-corrected chi connectivity index (χ0v) is 16.5. The Kier molecular flexibility index (Phi) is 5.92. The quantitative estimate of drug-likeness (QED) is 0.287. The molecule has 0 spiro atoms. The molecule has 0 bridgehead atoms. The van der Waals surface area contributed by atoms with Crippen LogP contribution in [0.15, 0.2) is 30.3 Å². The summed E-state index contributed by atoms with van der Waals surface area (Å²) < 4.78 is 15.0. The molecule has 2 aromatic carbocycles. The highest BCUT2D eigenvalue weighted by atomic mass is 127. The van der Waals surface area contributed by atoms with Crippen LogP contribution in [0.1, 0.15) is 39.2 Å². The summed E-state index contributed by atoms with van der Waals surface area (Å²) in [6, 6.07) is 7.47. The topological polar surface area (TPSA) is 99.7 Å². The van der Waals surface area contributed by atoms with E-state index < -0.39 is 11.7 Å². The predicted molar refractivity (Wildman–Crippen MR) is 105 cm³/mol. The SMILES string of the molecule is CC1NC(=O)c2cc(Nc3ccc(I)cc3F)c(C(=O)NOCCO)cc21. The minimum Gasteiger partial charge on any atom is -0.394 e. The second-order valence-electron chi connectivity index (χ2n) is 5.93. The zero-order chi connectivity index (χ0) is 19.6. The molecule has 0 aliphatic carbocycles. The van der Waals surface area contributed by atoms with E-state index in [1.54, 1.807) is 25.1 Å². The maximum atomic E-state index is 14.2. The minimum atomic E-state index is -0.578. The Hall–Kier alpha value is -2.24. The third kappa shape index (κ3) is 4.20. The Labute approximate surface area is 168 Å². The number of hydrogen-bond donors (Lipinski definition) is 4. The van der Waals surface area contributed by atoms with Gasteiger partial charge in [-0.2, -0.15) is 0 Å². The summed E-state index contributed by atoms with van der Waals surface area (Å²) in [5, 5.41) is 14.4. The second kappa shape index (κ2) is 8.19. The Morgan fingerprint density at radius 3 is 2.81 bits per heavy atom. The van der Waals surface area contributed by atoms with Gasteiger partial charge in [-0.05, 0) is 65.4 Å². The van der Waals surface area contributed by atoms with Crippen molar-refractivity contribution >= 4 is 45.8 Å². The number of amides is 2. The summed E-state index contributed by atoms with van der Waals surface area (Å²) in [6.45, 7) is 1.49.